The number of benzene rings is 3. The minimum Gasteiger partial charge on any atom is -0.387 e. The molecule has 39 heavy (non-hydrogen) atoms. The van der Waals surface area contributed by atoms with Gasteiger partial charge in [-0.25, -0.2) is 13.2 Å². The molecule has 0 saturated heterocycles. The van der Waals surface area contributed by atoms with Crippen LogP contribution in [0.15, 0.2) is 88.3 Å². The highest BCUT2D eigenvalue weighted by molar-refractivity contribution is 7.89. The Balaban J connectivity index is 1.35. The van der Waals surface area contributed by atoms with Crippen molar-refractivity contribution in [3.8, 4) is 5.88 Å². The first-order valence-corrected chi connectivity index (χ1v) is 14.5. The summed E-state index contributed by atoms with van der Waals surface area (Å²) in [5, 5.41) is 4.27. The minimum absolute atomic E-state index is 0.0511. The Bertz CT molecular complexity index is 1560. The normalized spacial score (nSPS) is 13.6. The van der Waals surface area contributed by atoms with Crippen molar-refractivity contribution in [2.45, 2.75) is 30.8 Å². The number of amides is 1. The van der Waals surface area contributed by atoms with Crippen LogP contribution in [0.5, 0.6) is 5.88 Å². The average molecular weight is 586 g/mol. The summed E-state index contributed by atoms with van der Waals surface area (Å²) in [4.78, 5) is 14.9. The molecular formula is C28H25Cl2N3O5S. The Morgan fingerprint density at radius 1 is 1.00 bits per heavy atom. The minimum atomic E-state index is -3.98. The fourth-order valence-electron chi connectivity index (χ4n) is 4.35. The molecule has 0 N–H and O–H groups in total. The molecular weight excluding hydrogens is 561 g/mol. The summed E-state index contributed by atoms with van der Waals surface area (Å²) in [6.07, 6.45) is 0.286. The smallest absolute Gasteiger partial charge is 0.387 e. The second kappa shape index (κ2) is 11.8. The largest absolute Gasteiger partial charge is 0.417 e. The summed E-state index contributed by atoms with van der Waals surface area (Å²) >= 11 is 12.2. The molecule has 2 heterocycles. The maximum atomic E-state index is 13.4. The number of carbonyl (C=O) groups excluding carboxylic acids is 1. The van der Waals surface area contributed by atoms with E-state index in [0.29, 0.717) is 30.8 Å². The van der Waals surface area contributed by atoms with Gasteiger partial charge in [0.2, 0.25) is 10.0 Å². The summed E-state index contributed by atoms with van der Waals surface area (Å²) in [5.74, 6) is 0.421. The summed E-state index contributed by atoms with van der Waals surface area (Å²) in [6, 6.07) is 23.7. The van der Waals surface area contributed by atoms with Gasteiger partial charge >= 0.3 is 6.09 Å². The Hall–Kier alpha value is -3.37. The van der Waals surface area contributed by atoms with Crippen LogP contribution in [-0.2, 0) is 36.0 Å². The highest BCUT2D eigenvalue weighted by Crippen LogP contribution is 2.34. The van der Waals surface area contributed by atoms with Crippen LogP contribution < -0.4 is 4.74 Å². The van der Waals surface area contributed by atoms with Crippen LogP contribution in [0.2, 0.25) is 10.0 Å². The van der Waals surface area contributed by atoms with Gasteiger partial charge in [-0.05, 0) is 40.9 Å². The van der Waals surface area contributed by atoms with Gasteiger partial charge in [0, 0.05) is 37.6 Å². The van der Waals surface area contributed by atoms with Crippen molar-refractivity contribution >= 4 is 39.3 Å². The molecule has 0 spiro atoms. The number of aromatic nitrogens is 1. The highest BCUT2D eigenvalue weighted by Gasteiger charge is 2.35. The van der Waals surface area contributed by atoms with E-state index in [1.807, 2.05) is 60.7 Å². The third kappa shape index (κ3) is 6.28. The first-order valence-electron chi connectivity index (χ1n) is 12.3. The summed E-state index contributed by atoms with van der Waals surface area (Å²) in [6.45, 7) is 0.805. The number of nitrogens with zero attached hydrogens (tertiary/aromatic N) is 3. The lowest BCUT2D eigenvalue weighted by atomic mass is 10.1. The number of sulfonamides is 1. The quantitative estimate of drug-likeness (QED) is 0.253. The predicted molar refractivity (Wildman–Crippen MR) is 147 cm³/mol. The lowest BCUT2D eigenvalue weighted by molar-refractivity contribution is 0.145. The van der Waals surface area contributed by atoms with Gasteiger partial charge in [-0.15, -0.1) is 0 Å². The molecule has 8 nitrogen and oxygen atoms in total. The number of halogens is 2. The molecule has 1 aromatic heterocycles. The Kier molecular flexibility index (Phi) is 8.23. The molecule has 4 aromatic rings. The van der Waals surface area contributed by atoms with Gasteiger partial charge in [-0.3, -0.25) is 0 Å². The Labute approximate surface area is 236 Å². The summed E-state index contributed by atoms with van der Waals surface area (Å²) in [7, 11) is -3.98. The van der Waals surface area contributed by atoms with Crippen LogP contribution in [0.1, 0.15) is 22.5 Å². The van der Waals surface area contributed by atoms with Gasteiger partial charge in [0.05, 0.1) is 10.6 Å². The van der Waals surface area contributed by atoms with Crippen LogP contribution in [-0.4, -0.2) is 42.0 Å². The van der Waals surface area contributed by atoms with Gasteiger partial charge in [0.25, 0.3) is 5.88 Å². The van der Waals surface area contributed by atoms with E-state index in [9.17, 15) is 13.2 Å². The molecule has 0 saturated carbocycles. The molecule has 1 aliphatic heterocycles. The Morgan fingerprint density at radius 2 is 1.69 bits per heavy atom. The second-order valence-corrected chi connectivity index (χ2v) is 11.8. The fourth-order valence-corrected chi connectivity index (χ4v) is 6.50. The first kappa shape index (κ1) is 27.2. The lowest BCUT2D eigenvalue weighted by Crippen LogP contribution is -2.37. The van der Waals surface area contributed by atoms with E-state index in [2.05, 4.69) is 5.16 Å². The van der Waals surface area contributed by atoms with Crippen molar-refractivity contribution in [3.63, 3.8) is 0 Å². The first-order chi connectivity index (χ1) is 18.8. The third-order valence-electron chi connectivity index (χ3n) is 6.44. The van der Waals surface area contributed by atoms with E-state index in [1.165, 1.54) is 22.5 Å². The van der Waals surface area contributed by atoms with Gasteiger partial charge in [-0.1, -0.05) is 83.9 Å². The van der Waals surface area contributed by atoms with E-state index in [0.717, 1.165) is 11.1 Å². The SMILES string of the molecule is O=C(Oc1noc2c1CN(S(=O)(=O)c1cc(Cl)ccc1Cl)CC2)N(CCc1ccccc1)Cc1ccccc1. The fraction of sp³-hybridized carbons (Fsp3) is 0.214. The maximum Gasteiger partial charge on any atom is 0.417 e. The van der Waals surface area contributed by atoms with Gasteiger partial charge in [-0.2, -0.15) is 4.31 Å². The molecule has 11 heteroatoms. The third-order valence-corrected chi connectivity index (χ3v) is 9.00. The van der Waals surface area contributed by atoms with Crippen molar-refractivity contribution in [1.29, 1.82) is 0 Å². The molecule has 0 aliphatic carbocycles. The standard InChI is InChI=1S/C28H25Cl2N3O5S/c29-22-11-12-24(30)26(17-22)39(35,36)33-16-14-25-23(19-33)27(31-38-25)37-28(34)32(18-21-9-5-2-6-10-21)15-13-20-7-3-1-4-8-20/h1-12,17H,13-16,18-19H2. The van der Waals surface area contributed by atoms with E-state index >= 15 is 0 Å². The molecule has 0 bridgehead atoms. The number of ether oxygens (including phenoxy) is 1. The highest BCUT2D eigenvalue weighted by atomic mass is 35.5. The molecule has 0 atom stereocenters. The molecule has 0 unspecified atom stereocenters. The molecule has 0 radical (unpaired) electrons. The van der Waals surface area contributed by atoms with E-state index < -0.39 is 16.1 Å². The average Bonchev–Trinajstić information content (AvgIpc) is 3.35. The molecule has 5 rings (SSSR count). The van der Waals surface area contributed by atoms with Gasteiger partial charge in [0.1, 0.15) is 10.7 Å². The predicted octanol–water partition coefficient (Wildman–Crippen LogP) is 5.97. The Morgan fingerprint density at radius 3 is 2.41 bits per heavy atom. The zero-order chi connectivity index (χ0) is 27.4. The van der Waals surface area contributed by atoms with Crippen LogP contribution in [0.3, 0.4) is 0 Å². The molecule has 1 amide bonds. The van der Waals surface area contributed by atoms with Crippen LogP contribution >= 0.6 is 23.2 Å². The van der Waals surface area contributed by atoms with Crippen LogP contribution in [0, 0.1) is 0 Å². The number of rotatable bonds is 8. The molecule has 1 aliphatic rings. The van der Waals surface area contributed by atoms with E-state index in [-0.39, 0.29) is 40.3 Å². The summed E-state index contributed by atoms with van der Waals surface area (Å²) in [5.41, 5.74) is 2.43. The molecule has 3 aromatic carbocycles. The number of fused-ring (bicyclic) bond motifs is 1. The molecule has 0 fully saturated rings. The van der Waals surface area contributed by atoms with E-state index in [4.69, 9.17) is 32.5 Å². The zero-order valence-corrected chi connectivity index (χ0v) is 23.1. The van der Waals surface area contributed by atoms with Crippen molar-refractivity contribution in [2.75, 3.05) is 13.1 Å². The van der Waals surface area contributed by atoms with Crippen LogP contribution in [0.25, 0.3) is 0 Å². The maximum absolute atomic E-state index is 13.4. The number of hydrogen-bond donors (Lipinski definition) is 0. The van der Waals surface area contributed by atoms with Crippen LogP contribution in [0.4, 0.5) is 4.79 Å². The number of hydrogen-bond acceptors (Lipinski definition) is 6. The van der Waals surface area contributed by atoms with Crippen molar-refractivity contribution in [1.82, 2.24) is 14.4 Å². The zero-order valence-electron chi connectivity index (χ0n) is 20.8. The van der Waals surface area contributed by atoms with Crippen molar-refractivity contribution in [3.05, 3.63) is 111 Å². The van der Waals surface area contributed by atoms with E-state index in [1.54, 1.807) is 4.90 Å². The lowest BCUT2D eigenvalue weighted by Gasteiger charge is -2.26. The second-order valence-electron chi connectivity index (χ2n) is 9.06. The molecule has 202 valence electrons. The van der Waals surface area contributed by atoms with Crippen molar-refractivity contribution in [2.24, 2.45) is 0 Å². The number of carbonyl (C=O) groups is 1. The summed E-state index contributed by atoms with van der Waals surface area (Å²) < 4.78 is 39.1. The van der Waals surface area contributed by atoms with Gasteiger partial charge < -0.3 is 14.2 Å². The van der Waals surface area contributed by atoms with Crippen molar-refractivity contribution < 1.29 is 22.5 Å². The van der Waals surface area contributed by atoms with Gasteiger partial charge in [0.15, 0.2) is 0 Å². The topological polar surface area (TPSA) is 93.0 Å². The monoisotopic (exact) mass is 585 g/mol.